The maximum atomic E-state index is 12.4. The van der Waals surface area contributed by atoms with Crippen LogP contribution in [0.2, 0.25) is 0 Å². The van der Waals surface area contributed by atoms with Gasteiger partial charge in [0.25, 0.3) is 0 Å². The van der Waals surface area contributed by atoms with E-state index in [1.54, 1.807) is 0 Å². The van der Waals surface area contributed by atoms with Crippen LogP contribution in [0.1, 0.15) is 75.2 Å². The van der Waals surface area contributed by atoms with Crippen molar-refractivity contribution in [1.82, 2.24) is 0 Å². The van der Waals surface area contributed by atoms with Crippen LogP contribution in [0.15, 0.2) is 12.2 Å². The van der Waals surface area contributed by atoms with Crippen molar-refractivity contribution in [3.05, 3.63) is 12.2 Å². The van der Waals surface area contributed by atoms with Crippen molar-refractivity contribution in [2.45, 2.75) is 85.1 Å². The minimum absolute atomic E-state index is 0.127. The number of aliphatic hydroxyl groups is 1. The van der Waals surface area contributed by atoms with Crippen LogP contribution >= 0.6 is 34.8 Å². The van der Waals surface area contributed by atoms with E-state index in [4.69, 9.17) is 39.5 Å². The van der Waals surface area contributed by atoms with E-state index in [0.717, 1.165) is 6.42 Å². The molecule has 1 atom stereocenters. The topological polar surface area (TPSA) is 46.5 Å². The first-order valence-corrected chi connectivity index (χ1v) is 10.4. The lowest BCUT2D eigenvalue weighted by atomic mass is 9.71. The Bertz CT molecular complexity index is 524. The number of alkyl halides is 3. The summed E-state index contributed by atoms with van der Waals surface area (Å²) in [7, 11) is 0. The Kier molecular flexibility index (Phi) is 9.25. The number of hydrogen-bond acceptors (Lipinski definition) is 3. The second-order valence-electron chi connectivity index (χ2n) is 10.8. The Balaban J connectivity index is 5.04. The second kappa shape index (κ2) is 9.24. The van der Waals surface area contributed by atoms with Crippen LogP contribution in [0.4, 0.5) is 0 Å². The van der Waals surface area contributed by atoms with E-state index in [1.165, 1.54) is 0 Å². The molecule has 6 heteroatoms. The fraction of sp³-hybridized carbons (Fsp3) is 0.857. The Morgan fingerprint density at radius 2 is 1.44 bits per heavy atom. The van der Waals surface area contributed by atoms with Gasteiger partial charge in [0.2, 0.25) is 3.79 Å². The van der Waals surface area contributed by atoms with Crippen molar-refractivity contribution in [1.29, 1.82) is 0 Å². The van der Waals surface area contributed by atoms with Crippen molar-refractivity contribution in [2.24, 2.45) is 21.7 Å². The summed E-state index contributed by atoms with van der Waals surface area (Å²) in [6.45, 7) is 18.0. The van der Waals surface area contributed by atoms with Crippen LogP contribution < -0.4 is 0 Å². The summed E-state index contributed by atoms with van der Waals surface area (Å²) >= 11 is 16.9. The third-order valence-electron chi connectivity index (χ3n) is 4.33. The first-order valence-electron chi connectivity index (χ1n) is 9.28. The highest BCUT2D eigenvalue weighted by Crippen LogP contribution is 2.39. The SMILES string of the molecule is CC(C)(C)CC(C)(C)C(O)/C=C\C(C)(C)CC(C)(C)C(=O)OCC(Cl)(Cl)Cl. The molecular formula is C21H37Cl3O3. The van der Waals surface area contributed by atoms with Gasteiger partial charge in [0, 0.05) is 0 Å². The van der Waals surface area contributed by atoms with E-state index in [0.29, 0.717) is 6.42 Å². The molecule has 0 saturated heterocycles. The summed E-state index contributed by atoms with van der Waals surface area (Å²) in [5, 5.41) is 10.7. The van der Waals surface area contributed by atoms with Gasteiger partial charge in [-0.2, -0.15) is 0 Å². The molecule has 1 unspecified atom stereocenters. The lowest BCUT2D eigenvalue weighted by Crippen LogP contribution is -2.34. The van der Waals surface area contributed by atoms with Gasteiger partial charge in [0.15, 0.2) is 0 Å². The van der Waals surface area contributed by atoms with Crippen molar-refractivity contribution < 1.29 is 14.6 Å². The molecule has 0 aromatic carbocycles. The molecule has 3 nitrogen and oxygen atoms in total. The molecule has 0 aromatic rings. The molecule has 27 heavy (non-hydrogen) atoms. The predicted octanol–water partition coefficient (Wildman–Crippen LogP) is 6.72. The molecule has 0 aromatic heterocycles. The van der Waals surface area contributed by atoms with Gasteiger partial charge in [-0.05, 0) is 42.9 Å². The third-order valence-corrected chi connectivity index (χ3v) is 4.66. The first-order chi connectivity index (χ1) is 11.7. The van der Waals surface area contributed by atoms with E-state index in [9.17, 15) is 9.90 Å². The van der Waals surface area contributed by atoms with Gasteiger partial charge in [-0.15, -0.1) is 0 Å². The fourth-order valence-electron chi connectivity index (χ4n) is 3.70. The standard InChI is InChI=1S/C21H37Cl3O3/c1-17(2,3)12-19(6,7)15(25)10-11-18(4,5)13-20(8,9)16(26)27-14-21(22,23)24/h10-11,15,25H,12-14H2,1-9H3/b11-10-. The van der Waals surface area contributed by atoms with Crippen LogP contribution in [0.3, 0.4) is 0 Å². The maximum Gasteiger partial charge on any atom is 0.311 e. The zero-order valence-corrected chi connectivity index (χ0v) is 20.5. The Hall–Kier alpha value is 0.0400. The largest absolute Gasteiger partial charge is 0.461 e. The van der Waals surface area contributed by atoms with Crippen LogP contribution in [0.25, 0.3) is 0 Å². The van der Waals surface area contributed by atoms with Gasteiger partial charge in [0.05, 0.1) is 11.5 Å². The van der Waals surface area contributed by atoms with E-state index < -0.39 is 21.3 Å². The van der Waals surface area contributed by atoms with Crippen molar-refractivity contribution in [2.75, 3.05) is 6.61 Å². The molecule has 0 saturated carbocycles. The highest BCUT2D eigenvalue weighted by molar-refractivity contribution is 6.67. The van der Waals surface area contributed by atoms with E-state index in [-0.39, 0.29) is 22.9 Å². The number of hydrogen-bond donors (Lipinski definition) is 1. The maximum absolute atomic E-state index is 12.4. The molecule has 0 aliphatic carbocycles. The number of halogens is 3. The van der Waals surface area contributed by atoms with Gasteiger partial charge in [-0.1, -0.05) is 95.4 Å². The molecule has 0 heterocycles. The van der Waals surface area contributed by atoms with Crippen LogP contribution in [0, 0.1) is 21.7 Å². The van der Waals surface area contributed by atoms with Crippen molar-refractivity contribution in [3.8, 4) is 0 Å². The number of rotatable bonds is 8. The van der Waals surface area contributed by atoms with Crippen LogP contribution in [-0.4, -0.2) is 27.6 Å². The molecule has 0 radical (unpaired) electrons. The molecule has 0 aliphatic heterocycles. The van der Waals surface area contributed by atoms with Gasteiger partial charge >= 0.3 is 5.97 Å². The second-order valence-corrected chi connectivity index (χ2v) is 13.3. The third kappa shape index (κ3) is 11.6. The summed E-state index contributed by atoms with van der Waals surface area (Å²) in [4.78, 5) is 12.4. The number of aliphatic hydroxyl groups excluding tert-OH is 1. The fourth-order valence-corrected chi connectivity index (χ4v) is 3.86. The highest BCUT2D eigenvalue weighted by Gasteiger charge is 2.37. The number of allylic oxidation sites excluding steroid dienone is 1. The molecule has 0 spiro atoms. The quantitative estimate of drug-likeness (QED) is 0.257. The van der Waals surface area contributed by atoms with E-state index in [2.05, 4.69) is 34.6 Å². The summed E-state index contributed by atoms with van der Waals surface area (Å²) in [5.74, 6) is -0.413. The molecular weight excluding hydrogens is 407 g/mol. The predicted molar refractivity (Wildman–Crippen MR) is 116 cm³/mol. The zero-order valence-electron chi connectivity index (χ0n) is 18.3. The zero-order chi connectivity index (χ0) is 21.9. The van der Waals surface area contributed by atoms with Crippen LogP contribution in [-0.2, 0) is 9.53 Å². The number of carbonyl (C=O) groups is 1. The normalized spacial score (nSPS) is 15.9. The lowest BCUT2D eigenvalue weighted by molar-refractivity contribution is -0.155. The average Bonchev–Trinajstić information content (AvgIpc) is 2.37. The number of ether oxygens (including phenoxy) is 1. The molecule has 0 aliphatic rings. The summed E-state index contributed by atoms with van der Waals surface area (Å²) in [6.07, 6.45) is 4.67. The average molecular weight is 444 g/mol. The molecule has 1 N–H and O–H groups in total. The van der Waals surface area contributed by atoms with Gasteiger partial charge in [0.1, 0.15) is 6.61 Å². The number of esters is 1. The Labute approximate surface area is 180 Å². The van der Waals surface area contributed by atoms with Gasteiger partial charge in [-0.25, -0.2) is 0 Å². The van der Waals surface area contributed by atoms with Crippen molar-refractivity contribution in [3.63, 3.8) is 0 Å². The lowest BCUT2D eigenvalue weighted by Gasteiger charge is -2.36. The Morgan fingerprint density at radius 3 is 1.85 bits per heavy atom. The molecule has 0 fully saturated rings. The summed E-state index contributed by atoms with van der Waals surface area (Å²) < 4.78 is 3.52. The first kappa shape index (κ1) is 27.0. The monoisotopic (exact) mass is 442 g/mol. The van der Waals surface area contributed by atoms with E-state index >= 15 is 0 Å². The number of carbonyl (C=O) groups excluding carboxylic acids is 1. The van der Waals surface area contributed by atoms with Gasteiger partial charge < -0.3 is 9.84 Å². The van der Waals surface area contributed by atoms with Crippen molar-refractivity contribution >= 4 is 40.8 Å². The minimum Gasteiger partial charge on any atom is -0.461 e. The molecule has 0 amide bonds. The van der Waals surface area contributed by atoms with Gasteiger partial charge in [-0.3, -0.25) is 4.79 Å². The molecule has 0 bridgehead atoms. The highest BCUT2D eigenvalue weighted by atomic mass is 35.6. The smallest absolute Gasteiger partial charge is 0.311 e. The Morgan fingerprint density at radius 1 is 0.963 bits per heavy atom. The summed E-state index contributed by atoms with van der Waals surface area (Å²) in [6, 6.07) is 0. The van der Waals surface area contributed by atoms with Crippen LogP contribution in [0.5, 0.6) is 0 Å². The van der Waals surface area contributed by atoms with E-state index in [1.807, 2.05) is 39.8 Å². The molecule has 160 valence electrons. The summed E-state index contributed by atoms with van der Waals surface area (Å²) in [5.41, 5.74) is -1.19. The molecule has 0 rings (SSSR count). The minimum atomic E-state index is -1.62.